The number of esters is 1. The molecule has 0 spiro atoms. The highest BCUT2D eigenvalue weighted by atomic mass is 35.5. The molecule has 0 bridgehead atoms. The first kappa shape index (κ1) is 18.4. The number of rotatable bonds is 6. The Morgan fingerprint density at radius 3 is 2.67 bits per heavy atom. The van der Waals surface area contributed by atoms with Gasteiger partial charge in [-0.15, -0.1) is 11.3 Å². The highest BCUT2D eigenvalue weighted by Gasteiger charge is 2.17. The third-order valence-corrected chi connectivity index (χ3v) is 5.43. The number of hydrogen-bond acceptors (Lipinski definition) is 6. The average molecular weight is 389 g/mol. The highest BCUT2D eigenvalue weighted by Crippen LogP contribution is 2.19. The van der Waals surface area contributed by atoms with Gasteiger partial charge >= 0.3 is 5.97 Å². The van der Waals surface area contributed by atoms with Crippen LogP contribution >= 0.6 is 22.9 Å². The number of ether oxygens (including phenoxy) is 1. The summed E-state index contributed by atoms with van der Waals surface area (Å²) < 4.78 is 27.0. The van der Waals surface area contributed by atoms with Crippen LogP contribution in [0.25, 0.3) is 0 Å². The van der Waals surface area contributed by atoms with Crippen molar-refractivity contribution in [2.75, 3.05) is 6.61 Å². The second-order valence-electron chi connectivity index (χ2n) is 4.68. The number of carbonyl (C=O) groups excluding carboxylic acids is 2. The maximum atomic E-state index is 11.8. The van der Waals surface area contributed by atoms with Gasteiger partial charge < -0.3 is 10.1 Å². The smallest absolute Gasteiger partial charge is 0.339 e. The van der Waals surface area contributed by atoms with E-state index < -0.39 is 28.5 Å². The van der Waals surface area contributed by atoms with Crippen LogP contribution in [0.15, 0.2) is 39.9 Å². The molecule has 0 radical (unpaired) electrons. The van der Waals surface area contributed by atoms with E-state index in [1.165, 1.54) is 5.38 Å². The lowest BCUT2D eigenvalue weighted by molar-refractivity contribution is -0.124. The highest BCUT2D eigenvalue weighted by molar-refractivity contribution is 7.91. The molecule has 1 heterocycles. The third-order valence-electron chi connectivity index (χ3n) is 2.80. The van der Waals surface area contributed by atoms with Crippen molar-refractivity contribution in [3.63, 3.8) is 0 Å². The van der Waals surface area contributed by atoms with E-state index in [0.29, 0.717) is 5.02 Å². The Morgan fingerprint density at radius 2 is 2.04 bits per heavy atom. The van der Waals surface area contributed by atoms with Gasteiger partial charge in [0.2, 0.25) is 10.0 Å². The molecule has 1 aromatic carbocycles. The predicted molar refractivity (Wildman–Crippen MR) is 89.3 cm³/mol. The molecule has 2 aromatic rings. The van der Waals surface area contributed by atoms with Gasteiger partial charge in [-0.1, -0.05) is 23.7 Å². The lowest BCUT2D eigenvalue weighted by Gasteiger charge is -2.06. The number of thiophene rings is 1. The summed E-state index contributed by atoms with van der Waals surface area (Å²) in [5.74, 6) is -1.30. The molecular weight excluding hydrogens is 376 g/mol. The van der Waals surface area contributed by atoms with Crippen molar-refractivity contribution in [2.45, 2.75) is 10.8 Å². The Balaban J connectivity index is 1.83. The Morgan fingerprint density at radius 1 is 1.29 bits per heavy atom. The molecule has 0 aliphatic rings. The van der Waals surface area contributed by atoms with Gasteiger partial charge in [-0.2, -0.15) is 0 Å². The van der Waals surface area contributed by atoms with Crippen LogP contribution in [0.1, 0.15) is 15.9 Å². The van der Waals surface area contributed by atoms with Gasteiger partial charge in [0.1, 0.15) is 4.21 Å². The Kier molecular flexibility index (Phi) is 5.94. The normalized spacial score (nSPS) is 11.1. The fourth-order valence-electron chi connectivity index (χ4n) is 1.69. The fourth-order valence-corrected chi connectivity index (χ4v) is 3.47. The number of primary sulfonamides is 1. The van der Waals surface area contributed by atoms with Crippen LogP contribution < -0.4 is 10.5 Å². The minimum absolute atomic E-state index is 0.0201. The molecule has 128 valence electrons. The summed E-state index contributed by atoms with van der Waals surface area (Å²) in [6.07, 6.45) is 0. The quantitative estimate of drug-likeness (QED) is 0.728. The van der Waals surface area contributed by atoms with Crippen LogP contribution in [0.2, 0.25) is 5.02 Å². The van der Waals surface area contributed by atoms with E-state index in [9.17, 15) is 18.0 Å². The summed E-state index contributed by atoms with van der Waals surface area (Å²) in [7, 11) is -3.87. The topological polar surface area (TPSA) is 116 Å². The summed E-state index contributed by atoms with van der Waals surface area (Å²) in [5, 5.41) is 9.38. The maximum Gasteiger partial charge on any atom is 0.339 e. The van der Waals surface area contributed by atoms with E-state index in [1.807, 2.05) is 0 Å². The molecule has 24 heavy (non-hydrogen) atoms. The van der Waals surface area contributed by atoms with E-state index in [4.69, 9.17) is 21.5 Å². The summed E-state index contributed by atoms with van der Waals surface area (Å²) in [5.41, 5.74) is 0.824. The summed E-state index contributed by atoms with van der Waals surface area (Å²) >= 11 is 6.63. The molecule has 0 saturated carbocycles. The van der Waals surface area contributed by atoms with Crippen molar-refractivity contribution in [2.24, 2.45) is 5.14 Å². The molecule has 0 unspecified atom stereocenters. The molecule has 0 aliphatic heterocycles. The Hall–Kier alpha value is -1.94. The standard InChI is InChI=1S/C14H13ClN2O5S2/c15-11-3-1-2-9(4-11)6-17-12(18)7-22-14(19)10-5-13(23-8-10)24(16,20)21/h1-5,8H,6-7H2,(H,17,18)(H2,16,20,21). The summed E-state index contributed by atoms with van der Waals surface area (Å²) in [6, 6.07) is 8.06. The molecule has 1 amide bonds. The van der Waals surface area contributed by atoms with Crippen LogP contribution in [0, 0.1) is 0 Å². The van der Waals surface area contributed by atoms with Crippen molar-refractivity contribution in [3.05, 3.63) is 51.9 Å². The molecule has 0 aliphatic carbocycles. The minimum Gasteiger partial charge on any atom is -0.452 e. The Bertz CT molecular complexity index is 864. The number of halogens is 1. The molecule has 0 fully saturated rings. The molecule has 0 saturated heterocycles. The van der Waals surface area contributed by atoms with Crippen molar-refractivity contribution in [1.82, 2.24) is 5.32 Å². The molecule has 2 rings (SSSR count). The first-order chi connectivity index (χ1) is 11.3. The zero-order valence-corrected chi connectivity index (χ0v) is 14.6. The number of hydrogen-bond donors (Lipinski definition) is 2. The molecular formula is C14H13ClN2O5S2. The van der Waals surface area contributed by atoms with Crippen LogP contribution in [0.5, 0.6) is 0 Å². The lowest BCUT2D eigenvalue weighted by Crippen LogP contribution is -2.28. The van der Waals surface area contributed by atoms with Crippen LogP contribution in [0.4, 0.5) is 0 Å². The predicted octanol–water partition coefficient (Wildman–Crippen LogP) is 1.52. The second kappa shape index (κ2) is 7.75. The molecule has 3 N–H and O–H groups in total. The first-order valence-corrected chi connectivity index (χ1v) is 9.36. The number of amides is 1. The van der Waals surface area contributed by atoms with E-state index in [-0.39, 0.29) is 16.3 Å². The monoisotopic (exact) mass is 388 g/mol. The van der Waals surface area contributed by atoms with Crippen LogP contribution in [0.3, 0.4) is 0 Å². The molecule has 0 atom stereocenters. The van der Waals surface area contributed by atoms with Crippen molar-refractivity contribution < 1.29 is 22.7 Å². The van der Waals surface area contributed by atoms with Gasteiger partial charge in [-0.05, 0) is 23.8 Å². The summed E-state index contributed by atoms with van der Waals surface area (Å²) in [6.45, 7) is -0.245. The average Bonchev–Trinajstić information content (AvgIpc) is 3.01. The number of sulfonamides is 1. The van der Waals surface area contributed by atoms with Crippen molar-refractivity contribution >= 4 is 44.8 Å². The van der Waals surface area contributed by atoms with Gasteiger partial charge in [0.05, 0.1) is 5.56 Å². The second-order valence-corrected chi connectivity index (χ2v) is 7.82. The third kappa shape index (κ3) is 5.31. The maximum absolute atomic E-state index is 11.8. The number of nitrogens with one attached hydrogen (secondary N) is 1. The van der Waals surface area contributed by atoms with Gasteiger partial charge in [-0.3, -0.25) is 4.79 Å². The van der Waals surface area contributed by atoms with Crippen molar-refractivity contribution in [3.8, 4) is 0 Å². The van der Waals surface area contributed by atoms with Gasteiger partial charge in [0, 0.05) is 16.9 Å². The van der Waals surface area contributed by atoms with Gasteiger partial charge in [-0.25, -0.2) is 18.4 Å². The lowest BCUT2D eigenvalue weighted by atomic mass is 10.2. The van der Waals surface area contributed by atoms with E-state index in [0.717, 1.165) is 23.0 Å². The van der Waals surface area contributed by atoms with E-state index >= 15 is 0 Å². The first-order valence-electron chi connectivity index (χ1n) is 6.55. The van der Waals surface area contributed by atoms with Gasteiger partial charge in [0.15, 0.2) is 6.61 Å². The van der Waals surface area contributed by atoms with Crippen molar-refractivity contribution in [1.29, 1.82) is 0 Å². The van der Waals surface area contributed by atoms with Gasteiger partial charge in [0.25, 0.3) is 5.91 Å². The number of benzene rings is 1. The van der Waals surface area contributed by atoms with Crippen LogP contribution in [-0.4, -0.2) is 26.9 Å². The molecule has 1 aromatic heterocycles. The number of nitrogens with two attached hydrogens (primary N) is 1. The fraction of sp³-hybridized carbons (Fsp3) is 0.143. The van der Waals surface area contributed by atoms with E-state index in [1.54, 1.807) is 24.3 Å². The zero-order valence-electron chi connectivity index (χ0n) is 12.2. The van der Waals surface area contributed by atoms with E-state index in [2.05, 4.69) is 5.32 Å². The molecule has 10 heteroatoms. The Labute approximate surface area is 147 Å². The molecule has 7 nitrogen and oxygen atoms in total. The zero-order chi connectivity index (χ0) is 17.7. The number of carbonyl (C=O) groups is 2. The SMILES string of the molecule is NS(=O)(=O)c1cc(C(=O)OCC(=O)NCc2cccc(Cl)c2)cs1. The largest absolute Gasteiger partial charge is 0.452 e. The minimum atomic E-state index is -3.87. The van der Waals surface area contributed by atoms with Crippen LogP contribution in [-0.2, 0) is 26.1 Å². The summed E-state index contributed by atoms with van der Waals surface area (Å²) in [4.78, 5) is 23.4.